The highest BCUT2D eigenvalue weighted by atomic mass is 32.1. The van der Waals surface area contributed by atoms with Crippen molar-refractivity contribution in [3.8, 4) is 0 Å². The van der Waals surface area contributed by atoms with E-state index >= 15 is 0 Å². The summed E-state index contributed by atoms with van der Waals surface area (Å²) in [7, 11) is 0. The third-order valence-electron chi connectivity index (χ3n) is 2.59. The van der Waals surface area contributed by atoms with Crippen LogP contribution in [0.2, 0.25) is 0 Å². The zero-order valence-electron chi connectivity index (χ0n) is 10.2. The first-order chi connectivity index (χ1) is 9.00. The maximum absolute atomic E-state index is 12.5. The van der Waals surface area contributed by atoms with Crippen molar-refractivity contribution in [1.82, 2.24) is 20.3 Å². The van der Waals surface area contributed by atoms with Crippen molar-refractivity contribution in [2.75, 3.05) is 0 Å². The minimum absolute atomic E-state index is 0.203. The molecule has 4 nitrogen and oxygen atoms in total. The van der Waals surface area contributed by atoms with Crippen LogP contribution < -0.4 is 5.32 Å². The first-order valence-corrected chi connectivity index (χ1v) is 6.63. The predicted octanol–water partition coefficient (Wildman–Crippen LogP) is 3.13. The molecule has 0 radical (unpaired) electrons. The SMILES string of the molecule is CC[C@@H](NCc1ncc[nH]1)c1nc(C(F)(F)F)cs1. The molecule has 2 heterocycles. The lowest BCUT2D eigenvalue weighted by molar-refractivity contribution is -0.140. The number of H-pyrrole nitrogens is 1. The van der Waals surface area contributed by atoms with Gasteiger partial charge in [-0.1, -0.05) is 6.92 Å². The van der Waals surface area contributed by atoms with Crippen molar-refractivity contribution in [3.05, 3.63) is 34.3 Å². The molecular weight excluding hydrogens is 277 g/mol. The summed E-state index contributed by atoms with van der Waals surface area (Å²) in [5.41, 5.74) is -0.828. The van der Waals surface area contributed by atoms with Gasteiger partial charge in [-0.3, -0.25) is 0 Å². The molecule has 0 aromatic carbocycles. The summed E-state index contributed by atoms with van der Waals surface area (Å²) in [4.78, 5) is 10.6. The Balaban J connectivity index is 2.03. The van der Waals surface area contributed by atoms with Gasteiger partial charge in [0, 0.05) is 17.8 Å². The highest BCUT2D eigenvalue weighted by Crippen LogP contribution is 2.32. The zero-order chi connectivity index (χ0) is 13.9. The van der Waals surface area contributed by atoms with Crippen molar-refractivity contribution in [1.29, 1.82) is 0 Å². The number of thiazole rings is 1. The molecule has 104 valence electrons. The van der Waals surface area contributed by atoms with Gasteiger partial charge in [0.1, 0.15) is 10.8 Å². The molecule has 2 aromatic heterocycles. The smallest absolute Gasteiger partial charge is 0.348 e. The summed E-state index contributed by atoms with van der Waals surface area (Å²) in [5, 5.41) is 4.63. The van der Waals surface area contributed by atoms with E-state index in [-0.39, 0.29) is 6.04 Å². The van der Waals surface area contributed by atoms with Crippen LogP contribution in [0, 0.1) is 0 Å². The number of nitrogens with one attached hydrogen (secondary N) is 2. The maximum atomic E-state index is 12.5. The molecule has 8 heteroatoms. The van der Waals surface area contributed by atoms with Crippen molar-refractivity contribution in [3.63, 3.8) is 0 Å². The number of halogens is 3. The zero-order valence-corrected chi connectivity index (χ0v) is 11.0. The third kappa shape index (κ3) is 3.54. The molecule has 0 unspecified atom stereocenters. The molecule has 0 saturated heterocycles. The summed E-state index contributed by atoms with van der Waals surface area (Å²) in [6, 6.07) is -0.203. The van der Waals surface area contributed by atoms with Gasteiger partial charge in [0.2, 0.25) is 0 Å². The Hall–Kier alpha value is -1.41. The van der Waals surface area contributed by atoms with Crippen LogP contribution in [-0.2, 0) is 12.7 Å². The quantitative estimate of drug-likeness (QED) is 0.889. The number of rotatable bonds is 5. The number of imidazole rings is 1. The first kappa shape index (κ1) is 14.0. The molecule has 2 rings (SSSR count). The summed E-state index contributed by atoms with van der Waals surface area (Å²) in [6.45, 7) is 2.36. The number of nitrogens with zero attached hydrogens (tertiary/aromatic N) is 2. The predicted molar refractivity (Wildman–Crippen MR) is 65.6 cm³/mol. The topological polar surface area (TPSA) is 53.6 Å². The van der Waals surface area contributed by atoms with E-state index in [9.17, 15) is 13.2 Å². The number of aromatic nitrogens is 3. The average molecular weight is 290 g/mol. The molecule has 0 spiro atoms. The number of aromatic amines is 1. The van der Waals surface area contributed by atoms with Crippen molar-refractivity contribution in [2.24, 2.45) is 0 Å². The fraction of sp³-hybridized carbons (Fsp3) is 0.455. The Labute approximate surface area is 112 Å². The van der Waals surface area contributed by atoms with Crippen molar-refractivity contribution in [2.45, 2.75) is 32.1 Å². The van der Waals surface area contributed by atoms with Crippen molar-refractivity contribution >= 4 is 11.3 Å². The van der Waals surface area contributed by atoms with E-state index in [0.717, 1.165) is 22.5 Å². The largest absolute Gasteiger partial charge is 0.434 e. The first-order valence-electron chi connectivity index (χ1n) is 5.75. The van der Waals surface area contributed by atoms with Crippen LogP contribution in [0.1, 0.15) is 35.9 Å². The van der Waals surface area contributed by atoms with E-state index < -0.39 is 11.9 Å². The highest BCUT2D eigenvalue weighted by Gasteiger charge is 2.34. The van der Waals surface area contributed by atoms with Gasteiger partial charge in [-0.2, -0.15) is 13.2 Å². The van der Waals surface area contributed by atoms with Gasteiger partial charge in [0.25, 0.3) is 0 Å². The van der Waals surface area contributed by atoms with Gasteiger partial charge in [-0.05, 0) is 6.42 Å². The molecule has 0 aliphatic heterocycles. The van der Waals surface area contributed by atoms with E-state index in [0.29, 0.717) is 18.0 Å². The third-order valence-corrected chi connectivity index (χ3v) is 3.55. The Morgan fingerprint density at radius 1 is 1.47 bits per heavy atom. The van der Waals surface area contributed by atoms with Crippen LogP contribution in [0.15, 0.2) is 17.8 Å². The fourth-order valence-electron chi connectivity index (χ4n) is 1.60. The Morgan fingerprint density at radius 3 is 2.79 bits per heavy atom. The lowest BCUT2D eigenvalue weighted by Crippen LogP contribution is -2.21. The van der Waals surface area contributed by atoms with Crippen LogP contribution in [0.25, 0.3) is 0 Å². The van der Waals surface area contributed by atoms with Crippen LogP contribution in [0.5, 0.6) is 0 Å². The van der Waals surface area contributed by atoms with E-state index in [4.69, 9.17) is 0 Å². The average Bonchev–Trinajstić information content (AvgIpc) is 2.98. The van der Waals surface area contributed by atoms with Gasteiger partial charge >= 0.3 is 6.18 Å². The summed E-state index contributed by atoms with van der Waals surface area (Å²) >= 11 is 1.02. The van der Waals surface area contributed by atoms with Crippen LogP contribution in [0.3, 0.4) is 0 Å². The lowest BCUT2D eigenvalue weighted by Gasteiger charge is -2.13. The minimum Gasteiger partial charge on any atom is -0.348 e. The van der Waals surface area contributed by atoms with Gasteiger partial charge in [0.05, 0.1) is 12.6 Å². The highest BCUT2D eigenvalue weighted by molar-refractivity contribution is 7.09. The lowest BCUT2D eigenvalue weighted by atomic mass is 10.2. The molecule has 0 aliphatic carbocycles. The van der Waals surface area contributed by atoms with E-state index in [2.05, 4.69) is 20.3 Å². The van der Waals surface area contributed by atoms with E-state index in [1.165, 1.54) is 0 Å². The van der Waals surface area contributed by atoms with Crippen molar-refractivity contribution < 1.29 is 13.2 Å². The number of hydrogen-bond donors (Lipinski definition) is 2. The summed E-state index contributed by atoms with van der Waals surface area (Å²) in [5.74, 6) is 0.742. The fourth-order valence-corrected chi connectivity index (χ4v) is 2.58. The van der Waals surface area contributed by atoms with Crippen LogP contribution >= 0.6 is 11.3 Å². The van der Waals surface area contributed by atoms with Crippen LogP contribution in [0.4, 0.5) is 13.2 Å². The molecule has 0 aliphatic rings. The molecule has 19 heavy (non-hydrogen) atoms. The molecule has 2 aromatic rings. The maximum Gasteiger partial charge on any atom is 0.434 e. The normalized spacial score (nSPS) is 13.7. The molecule has 2 N–H and O–H groups in total. The van der Waals surface area contributed by atoms with E-state index in [1.54, 1.807) is 12.4 Å². The van der Waals surface area contributed by atoms with Crippen LogP contribution in [-0.4, -0.2) is 15.0 Å². The second kappa shape index (κ2) is 5.70. The summed E-state index contributed by atoms with van der Waals surface area (Å²) in [6.07, 6.45) is -0.397. The monoisotopic (exact) mass is 290 g/mol. The van der Waals surface area contributed by atoms with Gasteiger partial charge in [-0.15, -0.1) is 11.3 Å². The molecule has 0 bridgehead atoms. The minimum atomic E-state index is -4.38. The van der Waals surface area contributed by atoms with Gasteiger partial charge < -0.3 is 10.3 Å². The Kier molecular flexibility index (Phi) is 4.20. The number of alkyl halides is 3. The summed E-state index contributed by atoms with van der Waals surface area (Å²) < 4.78 is 37.5. The molecular formula is C11H13F3N4S. The molecule has 0 saturated carbocycles. The second-order valence-electron chi connectivity index (χ2n) is 3.95. The molecule has 0 amide bonds. The second-order valence-corrected chi connectivity index (χ2v) is 4.84. The van der Waals surface area contributed by atoms with E-state index in [1.807, 2.05) is 6.92 Å². The molecule has 0 fully saturated rings. The molecule has 1 atom stereocenters. The Morgan fingerprint density at radius 2 is 2.26 bits per heavy atom. The standard InChI is InChI=1S/C11H13F3N4S/c1-2-7(17-5-9-15-3-4-16-9)10-18-8(6-19-10)11(12,13)14/h3-4,6-7,17H,2,5H2,1H3,(H,15,16)/t7-/m1/s1. The van der Waals surface area contributed by atoms with Gasteiger partial charge in [0.15, 0.2) is 5.69 Å². The number of hydrogen-bond acceptors (Lipinski definition) is 4. The van der Waals surface area contributed by atoms with Gasteiger partial charge in [-0.25, -0.2) is 9.97 Å². The Bertz CT molecular complexity index is 506.